The third-order valence-electron chi connectivity index (χ3n) is 7.07. The lowest BCUT2D eigenvalue weighted by molar-refractivity contribution is -0.537. The number of hydroxylamine groups is 2. The Kier molecular flexibility index (Phi) is 5.35. The van der Waals surface area contributed by atoms with E-state index in [0.717, 1.165) is 20.6 Å². The molecule has 0 saturated carbocycles. The lowest BCUT2D eigenvalue weighted by atomic mass is 9.59. The Labute approximate surface area is 200 Å². The smallest absolute Gasteiger partial charge is 0.181 e. The van der Waals surface area contributed by atoms with Crippen LogP contribution < -0.4 is 0 Å². The first kappa shape index (κ1) is 23.9. The molecular formula is C28H32N2O4. The lowest BCUT2D eigenvalue weighted by Gasteiger charge is -2.38. The minimum atomic E-state index is -1.53. The standard InChI is InChI=1S/C28H32N2O4/c1-25(2,3)29(33)17-27(15-19-11-7-9-13-21(19)23(27)31)28(18-30(34)26(4,5)6)16-20-12-8-10-14-22(20)24(28)32/h7-14,17-18H,15-16H2,1-6H3. The van der Waals surface area contributed by atoms with E-state index in [2.05, 4.69) is 0 Å². The van der Waals surface area contributed by atoms with E-state index >= 15 is 0 Å². The number of hydrogen-bond acceptors (Lipinski definition) is 4. The van der Waals surface area contributed by atoms with Crippen LogP contribution in [-0.2, 0) is 12.8 Å². The van der Waals surface area contributed by atoms with Crippen LogP contribution in [-0.4, -0.2) is 44.6 Å². The molecule has 6 nitrogen and oxygen atoms in total. The molecule has 2 aromatic carbocycles. The fourth-order valence-corrected chi connectivity index (χ4v) is 4.98. The number of ketones is 2. The summed E-state index contributed by atoms with van der Waals surface area (Å²) in [6, 6.07) is 14.4. The predicted molar refractivity (Wildman–Crippen MR) is 133 cm³/mol. The maximum Gasteiger partial charge on any atom is 0.181 e. The number of carbonyl (C=O) groups excluding carboxylic acids is 2. The van der Waals surface area contributed by atoms with Crippen LogP contribution in [0.5, 0.6) is 0 Å². The van der Waals surface area contributed by atoms with E-state index in [-0.39, 0.29) is 24.4 Å². The van der Waals surface area contributed by atoms with Crippen molar-refractivity contribution in [1.29, 1.82) is 0 Å². The average Bonchev–Trinajstić information content (AvgIpc) is 3.20. The number of rotatable bonds is 3. The van der Waals surface area contributed by atoms with Crippen LogP contribution in [0, 0.1) is 21.2 Å². The van der Waals surface area contributed by atoms with E-state index in [9.17, 15) is 20.0 Å². The molecule has 0 N–H and O–H groups in total. The van der Waals surface area contributed by atoms with Gasteiger partial charge in [0.15, 0.2) is 35.1 Å². The monoisotopic (exact) mass is 460 g/mol. The molecule has 0 aliphatic heterocycles. The average molecular weight is 461 g/mol. The molecule has 2 aromatic rings. The Morgan fingerprint density at radius 1 is 0.676 bits per heavy atom. The first-order valence-corrected chi connectivity index (χ1v) is 11.6. The summed E-state index contributed by atoms with van der Waals surface area (Å²) in [5.41, 5.74) is -2.20. The van der Waals surface area contributed by atoms with Gasteiger partial charge in [-0.15, -0.1) is 0 Å². The quantitative estimate of drug-likeness (QED) is 0.290. The van der Waals surface area contributed by atoms with Crippen LogP contribution >= 0.6 is 0 Å². The van der Waals surface area contributed by atoms with E-state index < -0.39 is 21.9 Å². The Hall–Kier alpha value is -3.28. The molecule has 0 aromatic heterocycles. The first-order chi connectivity index (χ1) is 15.7. The summed E-state index contributed by atoms with van der Waals surface area (Å²) >= 11 is 0. The maximum atomic E-state index is 14.2. The van der Waals surface area contributed by atoms with Crippen molar-refractivity contribution >= 4 is 24.0 Å². The summed E-state index contributed by atoms with van der Waals surface area (Å²) in [6.07, 6.45) is 3.11. The van der Waals surface area contributed by atoms with Gasteiger partial charge in [-0.1, -0.05) is 48.5 Å². The largest absolute Gasteiger partial charge is 0.624 e. The van der Waals surface area contributed by atoms with Gasteiger partial charge in [-0.05, 0) is 24.0 Å². The molecule has 178 valence electrons. The van der Waals surface area contributed by atoms with Crippen LogP contribution in [0.2, 0.25) is 0 Å². The van der Waals surface area contributed by atoms with E-state index in [1.807, 2.05) is 24.3 Å². The first-order valence-electron chi connectivity index (χ1n) is 11.6. The van der Waals surface area contributed by atoms with Crippen LogP contribution in [0.25, 0.3) is 0 Å². The highest BCUT2D eigenvalue weighted by atomic mass is 16.5. The number of carbonyl (C=O) groups is 2. The van der Waals surface area contributed by atoms with Crippen molar-refractivity contribution < 1.29 is 19.1 Å². The van der Waals surface area contributed by atoms with Crippen LogP contribution in [0.15, 0.2) is 48.5 Å². The SMILES string of the molecule is CC(C)(C)[N+]([O-])=CC1(C2(C=[N+]([O-])C(C)(C)C)Cc3ccccc3C2=O)Cc2ccccc2C1=O. The maximum absolute atomic E-state index is 14.2. The summed E-state index contributed by atoms with van der Waals surface area (Å²) in [5.74, 6) is -0.596. The highest BCUT2D eigenvalue weighted by molar-refractivity contribution is 6.24. The van der Waals surface area contributed by atoms with Crippen molar-refractivity contribution in [2.24, 2.45) is 10.8 Å². The molecule has 2 unspecified atom stereocenters. The van der Waals surface area contributed by atoms with Gasteiger partial charge in [0.2, 0.25) is 0 Å². The molecule has 2 aliphatic carbocycles. The van der Waals surface area contributed by atoms with Crippen LogP contribution in [0.3, 0.4) is 0 Å². The van der Waals surface area contributed by atoms with Crippen molar-refractivity contribution in [2.45, 2.75) is 65.5 Å². The van der Waals surface area contributed by atoms with Gasteiger partial charge in [0.1, 0.15) is 10.8 Å². The van der Waals surface area contributed by atoms with Gasteiger partial charge in [0.05, 0.1) is 0 Å². The molecule has 2 atom stereocenters. The van der Waals surface area contributed by atoms with Crippen molar-refractivity contribution in [2.75, 3.05) is 0 Å². The van der Waals surface area contributed by atoms with Gasteiger partial charge in [0, 0.05) is 52.7 Å². The zero-order valence-corrected chi connectivity index (χ0v) is 20.7. The number of hydrogen-bond donors (Lipinski definition) is 0. The van der Waals surface area contributed by atoms with E-state index in [1.165, 1.54) is 12.4 Å². The summed E-state index contributed by atoms with van der Waals surface area (Å²) in [7, 11) is 0. The molecule has 34 heavy (non-hydrogen) atoms. The molecule has 0 fully saturated rings. The molecule has 0 heterocycles. The van der Waals surface area contributed by atoms with Gasteiger partial charge in [-0.2, -0.15) is 0 Å². The van der Waals surface area contributed by atoms with Gasteiger partial charge in [-0.3, -0.25) is 9.59 Å². The molecule has 0 spiro atoms. The molecular weight excluding hydrogens is 428 g/mol. The topological polar surface area (TPSA) is 86.3 Å². The molecule has 0 saturated heterocycles. The van der Waals surface area contributed by atoms with Crippen LogP contribution in [0.4, 0.5) is 0 Å². The third kappa shape index (κ3) is 3.47. The molecule has 6 heteroatoms. The van der Waals surface area contributed by atoms with Gasteiger partial charge >= 0.3 is 0 Å². The molecule has 2 aliphatic rings. The van der Waals surface area contributed by atoms with Crippen molar-refractivity contribution in [3.05, 3.63) is 81.2 Å². The van der Waals surface area contributed by atoms with Gasteiger partial charge in [-0.25, -0.2) is 9.48 Å². The number of nitrogens with zero attached hydrogens (tertiary/aromatic N) is 2. The molecule has 0 bridgehead atoms. The highest BCUT2D eigenvalue weighted by Gasteiger charge is 2.68. The Morgan fingerprint density at radius 3 is 1.29 bits per heavy atom. The summed E-state index contributed by atoms with van der Waals surface area (Å²) in [6.45, 7) is 10.5. The minimum Gasteiger partial charge on any atom is -0.624 e. The fraction of sp³-hybridized carbons (Fsp3) is 0.429. The zero-order chi connectivity index (χ0) is 25.1. The second-order valence-corrected chi connectivity index (χ2v) is 11.5. The minimum absolute atomic E-state index is 0.172. The molecule has 0 amide bonds. The zero-order valence-electron chi connectivity index (χ0n) is 20.7. The van der Waals surface area contributed by atoms with Gasteiger partial charge in [0.25, 0.3) is 0 Å². The fourth-order valence-electron chi connectivity index (χ4n) is 4.98. The van der Waals surface area contributed by atoms with E-state index in [4.69, 9.17) is 0 Å². The number of benzene rings is 2. The van der Waals surface area contributed by atoms with E-state index in [1.54, 1.807) is 65.8 Å². The second kappa shape index (κ2) is 7.62. The van der Waals surface area contributed by atoms with Crippen molar-refractivity contribution in [1.82, 2.24) is 0 Å². The number of Topliss-reactive ketones (excluding diaryl/α,β-unsaturated/α-hetero) is 2. The summed E-state index contributed by atoms with van der Waals surface area (Å²) in [5, 5.41) is 26.8. The summed E-state index contributed by atoms with van der Waals surface area (Å²) in [4.78, 5) is 28.4. The summed E-state index contributed by atoms with van der Waals surface area (Å²) < 4.78 is 1.55. The van der Waals surface area contributed by atoms with Crippen molar-refractivity contribution in [3.8, 4) is 0 Å². The van der Waals surface area contributed by atoms with Crippen molar-refractivity contribution in [3.63, 3.8) is 0 Å². The number of fused-ring (bicyclic) bond motifs is 2. The Balaban J connectivity index is 2.09. The van der Waals surface area contributed by atoms with Crippen LogP contribution in [0.1, 0.15) is 73.4 Å². The Morgan fingerprint density at radius 2 is 1.00 bits per heavy atom. The normalized spacial score (nSPS) is 25.5. The van der Waals surface area contributed by atoms with E-state index in [0.29, 0.717) is 11.1 Å². The molecule has 4 rings (SSSR count). The Bertz CT molecular complexity index is 1150. The molecule has 0 radical (unpaired) electrons. The third-order valence-corrected chi connectivity index (χ3v) is 7.07. The van der Waals surface area contributed by atoms with Gasteiger partial charge < -0.3 is 10.4 Å². The second-order valence-electron chi connectivity index (χ2n) is 11.5. The highest BCUT2D eigenvalue weighted by Crippen LogP contribution is 2.54. The predicted octanol–water partition coefficient (Wildman–Crippen LogP) is 4.60. The lowest BCUT2D eigenvalue weighted by Crippen LogP contribution is -2.56.